The van der Waals surface area contributed by atoms with E-state index >= 15 is 0 Å². The van der Waals surface area contributed by atoms with Gasteiger partial charge in [-0.2, -0.15) is 0 Å². The summed E-state index contributed by atoms with van der Waals surface area (Å²) in [6, 6.07) is 0. The molecule has 2 heterocycles. The first kappa shape index (κ1) is 13.1. The fourth-order valence-electron chi connectivity index (χ4n) is 1.23. The number of aromatic nitrogens is 4. The Labute approximate surface area is 117 Å². The second-order valence-electron chi connectivity index (χ2n) is 3.19. The van der Waals surface area contributed by atoms with Gasteiger partial charge in [0.25, 0.3) is 5.91 Å². The summed E-state index contributed by atoms with van der Waals surface area (Å²) in [7, 11) is 0. The zero-order valence-corrected chi connectivity index (χ0v) is 11.5. The van der Waals surface area contributed by atoms with Crippen LogP contribution in [0.5, 0.6) is 0 Å². The van der Waals surface area contributed by atoms with Crippen LogP contribution in [0.1, 0.15) is 22.3 Å². The van der Waals surface area contributed by atoms with Crippen molar-refractivity contribution in [3.63, 3.8) is 0 Å². The molecule has 0 aliphatic carbocycles. The molecule has 1 N–H and O–H groups in total. The van der Waals surface area contributed by atoms with E-state index in [4.69, 9.17) is 23.2 Å². The molecule has 0 aromatic carbocycles. The maximum absolute atomic E-state index is 12.0. The Morgan fingerprint density at radius 1 is 1.39 bits per heavy atom. The van der Waals surface area contributed by atoms with Gasteiger partial charge in [0, 0.05) is 0 Å². The third-order valence-electron chi connectivity index (χ3n) is 2.09. The summed E-state index contributed by atoms with van der Waals surface area (Å²) < 4.78 is 3.73. The first-order valence-corrected chi connectivity index (χ1v) is 6.45. The van der Waals surface area contributed by atoms with E-state index in [2.05, 4.69) is 24.9 Å². The smallest absolute Gasteiger partial charge is 0.269 e. The highest BCUT2D eigenvalue weighted by Gasteiger charge is 2.18. The normalized spacial score (nSPS) is 10.4. The second-order valence-corrected chi connectivity index (χ2v) is 4.66. The van der Waals surface area contributed by atoms with Crippen molar-refractivity contribution < 1.29 is 4.79 Å². The highest BCUT2D eigenvalue weighted by molar-refractivity contribution is 7.08. The molecule has 6 nitrogen and oxygen atoms in total. The number of hydrogen-bond donors (Lipinski definition) is 1. The summed E-state index contributed by atoms with van der Waals surface area (Å²) in [5.41, 5.74) is 0.808. The van der Waals surface area contributed by atoms with Crippen molar-refractivity contribution in [2.75, 3.05) is 5.32 Å². The number of nitrogens with one attached hydrogen (secondary N) is 1. The van der Waals surface area contributed by atoms with Crippen LogP contribution >= 0.6 is 34.7 Å². The molecular weight excluding hydrogens is 297 g/mol. The van der Waals surface area contributed by atoms with Crippen LogP contribution in [0.15, 0.2) is 6.33 Å². The van der Waals surface area contributed by atoms with Gasteiger partial charge in [-0.1, -0.05) is 34.6 Å². The highest BCUT2D eigenvalue weighted by atomic mass is 35.5. The second kappa shape index (κ2) is 5.55. The average Bonchev–Trinajstić information content (AvgIpc) is 2.82. The standard InChI is InChI=1S/C9H7Cl2N5OS/c1-2-4-6(18-16-15-4)9(17)14-5-7(10)12-3-13-8(5)11/h3H,2H2,1H3,(H,14,17). The summed E-state index contributed by atoms with van der Waals surface area (Å²) in [6.45, 7) is 1.89. The van der Waals surface area contributed by atoms with Crippen molar-refractivity contribution in [1.29, 1.82) is 0 Å². The molecule has 0 saturated heterocycles. The molecular formula is C9H7Cl2N5OS. The van der Waals surface area contributed by atoms with Gasteiger partial charge >= 0.3 is 0 Å². The van der Waals surface area contributed by atoms with Crippen molar-refractivity contribution in [2.45, 2.75) is 13.3 Å². The zero-order valence-electron chi connectivity index (χ0n) is 9.15. The number of anilines is 1. The molecule has 0 atom stereocenters. The largest absolute Gasteiger partial charge is 0.316 e. The van der Waals surface area contributed by atoms with Crippen LogP contribution in [0.4, 0.5) is 5.69 Å². The summed E-state index contributed by atoms with van der Waals surface area (Å²) in [4.78, 5) is 19.9. The molecule has 0 bridgehead atoms. The molecule has 94 valence electrons. The van der Waals surface area contributed by atoms with Gasteiger partial charge in [-0.25, -0.2) is 9.97 Å². The maximum Gasteiger partial charge on any atom is 0.269 e. The molecule has 0 saturated carbocycles. The van der Waals surface area contributed by atoms with Gasteiger partial charge in [-0.15, -0.1) is 5.10 Å². The Kier molecular flexibility index (Phi) is 4.05. The Morgan fingerprint density at radius 2 is 2.06 bits per heavy atom. The zero-order chi connectivity index (χ0) is 13.1. The van der Waals surface area contributed by atoms with Crippen molar-refractivity contribution in [1.82, 2.24) is 19.6 Å². The first-order chi connectivity index (χ1) is 8.63. The number of amides is 1. The molecule has 9 heteroatoms. The maximum atomic E-state index is 12.0. The highest BCUT2D eigenvalue weighted by Crippen LogP contribution is 2.26. The number of hydrogen-bond acceptors (Lipinski definition) is 6. The Morgan fingerprint density at radius 3 is 2.67 bits per heavy atom. The van der Waals surface area contributed by atoms with Gasteiger partial charge in [0.1, 0.15) is 16.9 Å². The number of rotatable bonds is 3. The summed E-state index contributed by atoms with van der Waals surface area (Å²) in [5, 5.41) is 6.58. The van der Waals surface area contributed by atoms with Crippen molar-refractivity contribution in [3.8, 4) is 0 Å². The quantitative estimate of drug-likeness (QED) is 0.881. The Bertz CT molecular complexity index is 568. The lowest BCUT2D eigenvalue weighted by molar-refractivity contribution is 0.102. The minimum absolute atomic E-state index is 0.0823. The van der Waals surface area contributed by atoms with Gasteiger partial charge in [0.15, 0.2) is 10.3 Å². The molecule has 2 rings (SSSR count). The van der Waals surface area contributed by atoms with E-state index < -0.39 is 0 Å². The lowest BCUT2D eigenvalue weighted by Gasteiger charge is -2.06. The van der Waals surface area contributed by atoms with Crippen molar-refractivity contribution in [2.24, 2.45) is 0 Å². The van der Waals surface area contributed by atoms with Crippen LogP contribution in [0.2, 0.25) is 10.3 Å². The van der Waals surface area contributed by atoms with Crippen LogP contribution in [0.3, 0.4) is 0 Å². The summed E-state index contributed by atoms with van der Waals surface area (Å²) >= 11 is 12.7. The van der Waals surface area contributed by atoms with Gasteiger partial charge in [-0.05, 0) is 18.0 Å². The van der Waals surface area contributed by atoms with E-state index in [0.717, 1.165) is 11.5 Å². The Hall–Kier alpha value is -1.31. The van der Waals surface area contributed by atoms with E-state index in [1.54, 1.807) is 0 Å². The lowest BCUT2D eigenvalue weighted by Crippen LogP contribution is -2.13. The third-order valence-corrected chi connectivity index (χ3v) is 3.43. The topological polar surface area (TPSA) is 80.7 Å². The van der Waals surface area contributed by atoms with Crippen LogP contribution in [-0.2, 0) is 6.42 Å². The molecule has 0 fully saturated rings. The predicted octanol–water partition coefficient (Wildman–Crippen LogP) is 2.45. The van der Waals surface area contributed by atoms with E-state index in [0.29, 0.717) is 17.0 Å². The number of carbonyl (C=O) groups is 1. The number of nitrogens with zero attached hydrogens (tertiary/aromatic N) is 4. The summed E-state index contributed by atoms with van der Waals surface area (Å²) in [6.07, 6.45) is 1.83. The van der Waals surface area contributed by atoms with E-state index in [1.165, 1.54) is 6.33 Å². The minimum atomic E-state index is -0.375. The van der Waals surface area contributed by atoms with Gasteiger partial charge < -0.3 is 5.32 Å². The van der Waals surface area contributed by atoms with E-state index in [9.17, 15) is 4.79 Å². The molecule has 2 aromatic heterocycles. The van der Waals surface area contributed by atoms with Crippen LogP contribution in [0, 0.1) is 0 Å². The average molecular weight is 304 g/mol. The predicted molar refractivity (Wildman–Crippen MR) is 69.3 cm³/mol. The fraction of sp³-hybridized carbons (Fsp3) is 0.222. The monoisotopic (exact) mass is 303 g/mol. The van der Waals surface area contributed by atoms with E-state index in [-0.39, 0.29) is 21.9 Å². The van der Waals surface area contributed by atoms with Gasteiger partial charge in [0.2, 0.25) is 0 Å². The lowest BCUT2D eigenvalue weighted by atomic mass is 10.3. The third kappa shape index (κ3) is 2.58. The van der Waals surface area contributed by atoms with Crippen LogP contribution in [0.25, 0.3) is 0 Å². The molecule has 18 heavy (non-hydrogen) atoms. The first-order valence-electron chi connectivity index (χ1n) is 4.92. The molecule has 0 spiro atoms. The molecule has 0 unspecified atom stereocenters. The van der Waals surface area contributed by atoms with Crippen molar-refractivity contribution >= 4 is 46.3 Å². The molecule has 0 radical (unpaired) electrons. The molecule has 1 amide bonds. The Balaban J connectivity index is 2.27. The number of carbonyl (C=O) groups excluding carboxylic acids is 1. The number of halogens is 2. The molecule has 2 aromatic rings. The molecule has 0 aliphatic heterocycles. The minimum Gasteiger partial charge on any atom is -0.316 e. The van der Waals surface area contributed by atoms with Crippen LogP contribution in [-0.4, -0.2) is 25.5 Å². The van der Waals surface area contributed by atoms with E-state index in [1.807, 2.05) is 6.92 Å². The van der Waals surface area contributed by atoms with Crippen molar-refractivity contribution in [3.05, 3.63) is 27.2 Å². The SMILES string of the molecule is CCc1nnsc1C(=O)Nc1c(Cl)ncnc1Cl. The molecule has 0 aliphatic rings. The van der Waals surface area contributed by atoms with Crippen LogP contribution < -0.4 is 5.32 Å². The fourth-order valence-corrected chi connectivity index (χ4v) is 2.28. The van der Waals surface area contributed by atoms with Gasteiger partial charge in [0.05, 0.1) is 5.69 Å². The summed E-state index contributed by atoms with van der Waals surface area (Å²) in [5.74, 6) is -0.375. The number of aryl methyl sites for hydroxylation is 1. The van der Waals surface area contributed by atoms with Gasteiger partial charge in [-0.3, -0.25) is 4.79 Å².